The summed E-state index contributed by atoms with van der Waals surface area (Å²) in [6.07, 6.45) is 1.64. The van der Waals surface area contributed by atoms with Crippen molar-refractivity contribution in [1.29, 1.82) is 0 Å². The quantitative estimate of drug-likeness (QED) is 0.278. The number of benzene rings is 3. The minimum atomic E-state index is -0.134. The van der Waals surface area contributed by atoms with Crippen LogP contribution in [0.4, 0.5) is 0 Å². The average molecular weight is 502 g/mol. The highest BCUT2D eigenvalue weighted by molar-refractivity contribution is 7.03. The van der Waals surface area contributed by atoms with Crippen LogP contribution in [0.15, 0.2) is 107 Å². The predicted octanol–water partition coefficient (Wildman–Crippen LogP) is 6.07. The van der Waals surface area contributed by atoms with Gasteiger partial charge < -0.3 is 10.3 Å². The molecule has 6 rings (SSSR count). The number of aromatic nitrogens is 4. The molecule has 0 radical (unpaired) electrons. The zero-order valence-electron chi connectivity index (χ0n) is 19.9. The lowest BCUT2D eigenvalue weighted by Crippen LogP contribution is -2.12. The lowest BCUT2D eigenvalue weighted by molar-refractivity contribution is 0.693. The molecule has 0 aliphatic rings. The maximum absolute atomic E-state index is 12.4. The summed E-state index contributed by atoms with van der Waals surface area (Å²) in [5.41, 5.74) is 8.77. The Bertz CT molecular complexity index is 1690. The Kier molecular flexibility index (Phi) is 6.37. The zero-order valence-corrected chi connectivity index (χ0v) is 20.7. The molecule has 37 heavy (non-hydrogen) atoms. The number of nitrogens with zero attached hydrogens (tertiary/aromatic N) is 3. The van der Waals surface area contributed by atoms with Crippen LogP contribution in [-0.4, -0.2) is 19.6 Å². The van der Waals surface area contributed by atoms with Crippen LogP contribution in [0, 0.1) is 0 Å². The van der Waals surface area contributed by atoms with Gasteiger partial charge in [-0.05, 0) is 40.4 Å². The van der Waals surface area contributed by atoms with E-state index in [4.69, 9.17) is 4.98 Å². The van der Waals surface area contributed by atoms with E-state index in [0.29, 0.717) is 10.9 Å². The van der Waals surface area contributed by atoms with E-state index in [9.17, 15) is 4.79 Å². The van der Waals surface area contributed by atoms with Crippen LogP contribution in [0.1, 0.15) is 11.1 Å². The molecule has 0 spiro atoms. The number of aromatic amines is 1. The van der Waals surface area contributed by atoms with Gasteiger partial charge in [0, 0.05) is 41.4 Å². The van der Waals surface area contributed by atoms with Gasteiger partial charge in [-0.2, -0.15) is 0 Å². The lowest BCUT2D eigenvalue weighted by atomic mass is 9.97. The van der Waals surface area contributed by atoms with Crippen molar-refractivity contribution >= 4 is 22.4 Å². The van der Waals surface area contributed by atoms with Gasteiger partial charge in [-0.3, -0.25) is 4.79 Å². The second-order valence-electron chi connectivity index (χ2n) is 8.78. The Morgan fingerprint density at radius 3 is 2.16 bits per heavy atom. The van der Waals surface area contributed by atoms with Gasteiger partial charge in [0.05, 0.1) is 16.6 Å². The van der Waals surface area contributed by atoms with E-state index < -0.39 is 0 Å². The van der Waals surface area contributed by atoms with E-state index in [1.54, 1.807) is 6.20 Å². The summed E-state index contributed by atoms with van der Waals surface area (Å²) in [4.78, 5) is 20.1. The third kappa shape index (κ3) is 4.95. The minimum absolute atomic E-state index is 0.134. The number of hydrogen-bond acceptors (Lipinski definition) is 6. The number of pyridine rings is 2. The van der Waals surface area contributed by atoms with Crippen molar-refractivity contribution in [3.63, 3.8) is 0 Å². The Balaban J connectivity index is 1.20. The maximum atomic E-state index is 12.4. The molecule has 6 nitrogen and oxygen atoms in total. The fourth-order valence-electron chi connectivity index (χ4n) is 4.38. The van der Waals surface area contributed by atoms with Gasteiger partial charge in [0.15, 0.2) is 0 Å². The number of H-pyrrole nitrogens is 1. The lowest BCUT2D eigenvalue weighted by Gasteiger charge is -2.12. The Labute approximate surface area is 217 Å². The van der Waals surface area contributed by atoms with Crippen molar-refractivity contribution in [2.45, 2.75) is 13.1 Å². The summed E-state index contributed by atoms with van der Waals surface area (Å²) in [7, 11) is 0. The highest BCUT2D eigenvalue weighted by atomic mass is 32.1. The molecule has 0 saturated carbocycles. The summed E-state index contributed by atoms with van der Waals surface area (Å²) in [6, 6.07) is 30.7. The first-order chi connectivity index (χ1) is 18.2. The van der Waals surface area contributed by atoms with Crippen LogP contribution in [0.2, 0.25) is 0 Å². The largest absolute Gasteiger partial charge is 0.328 e. The number of fused-ring (bicyclic) bond motifs is 1. The Hall–Kier alpha value is -4.46. The predicted molar refractivity (Wildman–Crippen MR) is 149 cm³/mol. The molecular weight excluding hydrogens is 478 g/mol. The molecule has 0 unspecified atom stereocenters. The third-order valence-electron chi connectivity index (χ3n) is 6.33. The van der Waals surface area contributed by atoms with Crippen LogP contribution < -0.4 is 10.9 Å². The van der Waals surface area contributed by atoms with Gasteiger partial charge >= 0.3 is 0 Å². The monoisotopic (exact) mass is 501 g/mol. The van der Waals surface area contributed by atoms with Crippen molar-refractivity contribution in [2.75, 3.05) is 0 Å². The molecule has 2 N–H and O–H groups in total. The molecule has 6 aromatic rings. The molecule has 3 aromatic heterocycles. The number of hydrogen-bond donors (Lipinski definition) is 2. The SMILES string of the molecule is O=c1[nH]ccc2nc(-c3ccc(CNCc4ccc(-c5csnn5)cc4)cc3)c(-c3ccccc3)cc12. The Morgan fingerprint density at radius 2 is 1.49 bits per heavy atom. The molecule has 0 fully saturated rings. The first-order valence-corrected chi connectivity index (χ1v) is 12.8. The molecule has 3 heterocycles. The molecule has 0 bridgehead atoms. The van der Waals surface area contributed by atoms with E-state index in [1.807, 2.05) is 47.8 Å². The first kappa shape index (κ1) is 23.0. The van der Waals surface area contributed by atoms with Crippen molar-refractivity contribution < 1.29 is 0 Å². The maximum Gasteiger partial charge on any atom is 0.257 e. The summed E-state index contributed by atoms with van der Waals surface area (Å²) in [5.74, 6) is 0. The van der Waals surface area contributed by atoms with E-state index in [0.717, 1.165) is 46.7 Å². The van der Waals surface area contributed by atoms with E-state index in [2.05, 4.69) is 68.4 Å². The zero-order chi connectivity index (χ0) is 25.0. The smallest absolute Gasteiger partial charge is 0.257 e. The normalized spacial score (nSPS) is 11.1. The Morgan fingerprint density at radius 1 is 0.784 bits per heavy atom. The second kappa shape index (κ2) is 10.3. The van der Waals surface area contributed by atoms with E-state index in [-0.39, 0.29) is 5.56 Å². The molecule has 180 valence electrons. The molecule has 0 aliphatic heterocycles. The molecule has 0 saturated heterocycles. The number of rotatable bonds is 7. The van der Waals surface area contributed by atoms with Crippen LogP contribution >= 0.6 is 11.5 Å². The molecule has 0 atom stereocenters. The summed E-state index contributed by atoms with van der Waals surface area (Å²) < 4.78 is 3.93. The highest BCUT2D eigenvalue weighted by Crippen LogP contribution is 2.32. The average Bonchev–Trinajstić information content (AvgIpc) is 3.49. The first-order valence-electron chi connectivity index (χ1n) is 12.0. The minimum Gasteiger partial charge on any atom is -0.328 e. The second-order valence-corrected chi connectivity index (χ2v) is 9.39. The van der Waals surface area contributed by atoms with E-state index >= 15 is 0 Å². The third-order valence-corrected chi connectivity index (χ3v) is 6.84. The summed E-state index contributed by atoms with van der Waals surface area (Å²) >= 11 is 1.36. The van der Waals surface area contributed by atoms with Crippen molar-refractivity contribution in [3.05, 3.63) is 124 Å². The van der Waals surface area contributed by atoms with Crippen LogP contribution in [0.5, 0.6) is 0 Å². The van der Waals surface area contributed by atoms with E-state index in [1.165, 1.54) is 22.7 Å². The van der Waals surface area contributed by atoms with Gasteiger partial charge in [-0.1, -0.05) is 83.4 Å². The number of nitrogens with one attached hydrogen (secondary N) is 2. The van der Waals surface area contributed by atoms with Crippen LogP contribution in [-0.2, 0) is 13.1 Å². The standard InChI is InChI=1S/C30H23N5OS/c36-30-26-16-25(22-4-2-1-3-5-22)29(33-27(26)14-15-32-30)24-12-8-21(9-13-24)18-31-17-20-6-10-23(11-7-20)28-19-37-35-34-28/h1-16,19,31H,17-18H2,(H,32,36). The molecule has 7 heteroatoms. The van der Waals surface area contributed by atoms with Crippen molar-refractivity contribution in [1.82, 2.24) is 24.9 Å². The van der Waals surface area contributed by atoms with Crippen molar-refractivity contribution in [2.24, 2.45) is 0 Å². The van der Waals surface area contributed by atoms with Gasteiger partial charge in [0.2, 0.25) is 0 Å². The topological polar surface area (TPSA) is 83.6 Å². The molecular formula is C30H23N5OS. The van der Waals surface area contributed by atoms with Gasteiger partial charge in [0.1, 0.15) is 5.69 Å². The van der Waals surface area contributed by atoms with Gasteiger partial charge in [-0.15, -0.1) is 5.10 Å². The summed E-state index contributed by atoms with van der Waals surface area (Å²) in [5, 5.41) is 10.2. The van der Waals surface area contributed by atoms with Crippen LogP contribution in [0.3, 0.4) is 0 Å². The molecule has 0 amide bonds. The fraction of sp³-hybridized carbons (Fsp3) is 0.0667. The van der Waals surface area contributed by atoms with Gasteiger partial charge in [-0.25, -0.2) is 4.98 Å². The molecule has 3 aromatic carbocycles. The molecule has 0 aliphatic carbocycles. The summed E-state index contributed by atoms with van der Waals surface area (Å²) in [6.45, 7) is 1.53. The van der Waals surface area contributed by atoms with Gasteiger partial charge in [0.25, 0.3) is 5.56 Å². The highest BCUT2D eigenvalue weighted by Gasteiger charge is 2.13. The fourth-order valence-corrected chi connectivity index (χ4v) is 4.85. The van der Waals surface area contributed by atoms with Crippen molar-refractivity contribution in [3.8, 4) is 33.6 Å². The van der Waals surface area contributed by atoms with Crippen LogP contribution in [0.25, 0.3) is 44.5 Å².